The summed E-state index contributed by atoms with van der Waals surface area (Å²) in [5, 5.41) is 13.2. The maximum atomic E-state index is 12.4. The highest BCUT2D eigenvalue weighted by Gasteiger charge is 2.36. The third-order valence-corrected chi connectivity index (χ3v) is 5.21. The first-order valence-electron chi connectivity index (χ1n) is 7.45. The van der Waals surface area contributed by atoms with Gasteiger partial charge in [-0.15, -0.1) is 0 Å². The molecular formula is C15H20N2O3S. The van der Waals surface area contributed by atoms with E-state index in [1.54, 1.807) is 4.90 Å². The number of aliphatic carboxylic acids is 1. The van der Waals surface area contributed by atoms with Crippen LogP contribution >= 0.6 is 11.3 Å². The third kappa shape index (κ3) is 2.96. The molecule has 2 fully saturated rings. The summed E-state index contributed by atoms with van der Waals surface area (Å²) in [6, 6.07) is 1.51. The van der Waals surface area contributed by atoms with Crippen molar-refractivity contribution in [2.45, 2.75) is 37.8 Å². The van der Waals surface area contributed by atoms with Crippen molar-refractivity contribution in [1.29, 1.82) is 0 Å². The molecule has 0 bridgehead atoms. The molecule has 2 heterocycles. The van der Waals surface area contributed by atoms with E-state index in [9.17, 15) is 14.7 Å². The van der Waals surface area contributed by atoms with E-state index < -0.39 is 12.0 Å². The minimum absolute atomic E-state index is 0.0784. The molecule has 0 aromatic carbocycles. The Morgan fingerprint density at radius 1 is 1.33 bits per heavy atom. The second kappa shape index (κ2) is 6.15. The van der Waals surface area contributed by atoms with Crippen molar-refractivity contribution in [1.82, 2.24) is 9.80 Å². The van der Waals surface area contributed by atoms with Crippen LogP contribution in [0.4, 0.5) is 0 Å². The number of amides is 1. The molecule has 1 atom stereocenters. The molecule has 0 unspecified atom stereocenters. The van der Waals surface area contributed by atoms with Crippen molar-refractivity contribution < 1.29 is 14.7 Å². The third-order valence-electron chi connectivity index (χ3n) is 4.51. The van der Waals surface area contributed by atoms with Crippen molar-refractivity contribution in [3.05, 3.63) is 22.4 Å². The number of carboxylic acid groups (broad SMARTS) is 1. The molecule has 1 saturated carbocycles. The summed E-state index contributed by atoms with van der Waals surface area (Å²) in [7, 11) is 0. The van der Waals surface area contributed by atoms with Crippen LogP contribution in [0.2, 0.25) is 0 Å². The lowest BCUT2D eigenvalue weighted by molar-refractivity contribution is -0.148. The molecule has 114 valence electrons. The van der Waals surface area contributed by atoms with E-state index in [0.29, 0.717) is 19.1 Å². The van der Waals surface area contributed by atoms with Crippen LogP contribution in [-0.4, -0.2) is 52.5 Å². The van der Waals surface area contributed by atoms with Gasteiger partial charge in [-0.1, -0.05) is 12.8 Å². The largest absolute Gasteiger partial charge is 0.480 e. The summed E-state index contributed by atoms with van der Waals surface area (Å²) in [5.41, 5.74) is 0.773. The molecular weight excluding hydrogens is 288 g/mol. The predicted molar refractivity (Wildman–Crippen MR) is 80.2 cm³/mol. The van der Waals surface area contributed by atoms with Gasteiger partial charge in [0.25, 0.3) is 0 Å². The van der Waals surface area contributed by atoms with E-state index >= 15 is 0 Å². The van der Waals surface area contributed by atoms with E-state index in [0.717, 1.165) is 18.4 Å². The van der Waals surface area contributed by atoms with Gasteiger partial charge in [0.2, 0.25) is 5.91 Å². The van der Waals surface area contributed by atoms with Gasteiger partial charge >= 0.3 is 5.97 Å². The molecule has 2 aliphatic rings. The van der Waals surface area contributed by atoms with Crippen molar-refractivity contribution in [3.63, 3.8) is 0 Å². The SMILES string of the molecule is O=C(O)[C@H](c1ccsc1)N1CCN(C2CCCC2)C(=O)C1. The summed E-state index contributed by atoms with van der Waals surface area (Å²) in [6.45, 7) is 1.50. The number of carbonyl (C=O) groups is 2. The molecule has 1 aromatic rings. The Kier molecular flexibility index (Phi) is 4.26. The van der Waals surface area contributed by atoms with Crippen LogP contribution in [0.15, 0.2) is 16.8 Å². The average molecular weight is 308 g/mol. The Morgan fingerprint density at radius 2 is 2.10 bits per heavy atom. The number of thiophene rings is 1. The topological polar surface area (TPSA) is 60.9 Å². The molecule has 6 heteroatoms. The normalized spacial score (nSPS) is 22.7. The zero-order valence-corrected chi connectivity index (χ0v) is 12.7. The molecule has 0 spiro atoms. The summed E-state index contributed by atoms with van der Waals surface area (Å²) >= 11 is 1.49. The first kappa shape index (κ1) is 14.5. The zero-order chi connectivity index (χ0) is 14.8. The number of hydrogen-bond acceptors (Lipinski definition) is 4. The van der Waals surface area contributed by atoms with Crippen LogP contribution in [0.25, 0.3) is 0 Å². The molecule has 5 nitrogen and oxygen atoms in total. The minimum Gasteiger partial charge on any atom is -0.480 e. The Labute approximate surface area is 128 Å². The minimum atomic E-state index is -0.879. The Balaban J connectivity index is 1.70. The second-order valence-electron chi connectivity index (χ2n) is 5.79. The molecule has 1 aliphatic heterocycles. The molecule has 1 saturated heterocycles. The van der Waals surface area contributed by atoms with E-state index in [-0.39, 0.29) is 12.5 Å². The van der Waals surface area contributed by atoms with Crippen LogP contribution in [0.3, 0.4) is 0 Å². The highest BCUT2D eigenvalue weighted by Crippen LogP contribution is 2.28. The fourth-order valence-corrected chi connectivity index (χ4v) is 4.15. The monoisotopic (exact) mass is 308 g/mol. The lowest BCUT2D eigenvalue weighted by Crippen LogP contribution is -2.55. The number of piperazine rings is 1. The summed E-state index contributed by atoms with van der Waals surface area (Å²) in [6.07, 6.45) is 4.59. The van der Waals surface area contributed by atoms with Crippen molar-refractivity contribution in [2.24, 2.45) is 0 Å². The van der Waals surface area contributed by atoms with Crippen LogP contribution in [0.1, 0.15) is 37.3 Å². The zero-order valence-electron chi connectivity index (χ0n) is 11.9. The van der Waals surface area contributed by atoms with Gasteiger partial charge < -0.3 is 10.0 Å². The van der Waals surface area contributed by atoms with Crippen molar-refractivity contribution in [2.75, 3.05) is 19.6 Å². The number of carboxylic acids is 1. The summed E-state index contributed by atoms with van der Waals surface area (Å²) < 4.78 is 0. The van der Waals surface area contributed by atoms with Gasteiger partial charge in [0.1, 0.15) is 6.04 Å². The van der Waals surface area contributed by atoms with E-state index in [1.165, 1.54) is 24.2 Å². The Bertz CT molecular complexity index is 511. The smallest absolute Gasteiger partial charge is 0.325 e. The van der Waals surface area contributed by atoms with Crippen LogP contribution in [0, 0.1) is 0 Å². The second-order valence-corrected chi connectivity index (χ2v) is 6.57. The highest BCUT2D eigenvalue weighted by molar-refractivity contribution is 7.08. The maximum absolute atomic E-state index is 12.4. The predicted octanol–water partition coefficient (Wildman–Crippen LogP) is 1.96. The Morgan fingerprint density at radius 3 is 2.67 bits per heavy atom. The fraction of sp³-hybridized carbons (Fsp3) is 0.600. The van der Waals surface area contributed by atoms with Gasteiger partial charge in [-0.2, -0.15) is 11.3 Å². The van der Waals surface area contributed by atoms with Crippen molar-refractivity contribution in [3.8, 4) is 0 Å². The Hall–Kier alpha value is -1.40. The van der Waals surface area contributed by atoms with E-state index in [2.05, 4.69) is 0 Å². The molecule has 1 aromatic heterocycles. The lowest BCUT2D eigenvalue weighted by Gasteiger charge is -2.39. The molecule has 21 heavy (non-hydrogen) atoms. The molecule has 0 radical (unpaired) electrons. The molecule has 3 rings (SSSR count). The lowest BCUT2D eigenvalue weighted by atomic mass is 10.1. The first-order chi connectivity index (χ1) is 10.2. The molecule has 1 N–H and O–H groups in total. The van der Waals surface area contributed by atoms with Crippen LogP contribution in [0.5, 0.6) is 0 Å². The first-order valence-corrected chi connectivity index (χ1v) is 8.39. The quantitative estimate of drug-likeness (QED) is 0.923. The van der Waals surface area contributed by atoms with E-state index in [4.69, 9.17) is 0 Å². The standard InChI is InChI=1S/C15H20N2O3S/c18-13-9-16(6-7-17(13)12-3-1-2-4-12)14(15(19)20)11-5-8-21-10-11/h5,8,10,12,14H,1-4,6-7,9H2,(H,19,20)/t14-/m0/s1. The summed E-state index contributed by atoms with van der Waals surface area (Å²) in [5.74, 6) is -0.801. The maximum Gasteiger partial charge on any atom is 0.325 e. The number of nitrogens with zero attached hydrogens (tertiary/aromatic N) is 2. The van der Waals surface area contributed by atoms with E-state index in [1.807, 2.05) is 21.7 Å². The number of hydrogen-bond donors (Lipinski definition) is 1. The highest BCUT2D eigenvalue weighted by atomic mass is 32.1. The summed E-state index contributed by atoms with van der Waals surface area (Å²) in [4.78, 5) is 27.7. The van der Waals surface area contributed by atoms with Crippen LogP contribution < -0.4 is 0 Å². The van der Waals surface area contributed by atoms with Crippen LogP contribution in [-0.2, 0) is 9.59 Å². The van der Waals surface area contributed by atoms with Gasteiger partial charge in [-0.05, 0) is 35.2 Å². The van der Waals surface area contributed by atoms with Gasteiger partial charge in [-0.25, -0.2) is 0 Å². The number of rotatable bonds is 4. The average Bonchev–Trinajstić information content (AvgIpc) is 3.11. The number of carbonyl (C=O) groups excluding carboxylic acids is 1. The molecule has 1 amide bonds. The van der Waals surface area contributed by atoms with Gasteiger partial charge in [0.15, 0.2) is 0 Å². The van der Waals surface area contributed by atoms with Crippen molar-refractivity contribution >= 4 is 23.2 Å². The van der Waals surface area contributed by atoms with Gasteiger partial charge in [-0.3, -0.25) is 14.5 Å². The molecule has 1 aliphatic carbocycles. The van der Waals surface area contributed by atoms with Gasteiger partial charge in [0.05, 0.1) is 6.54 Å². The fourth-order valence-electron chi connectivity index (χ4n) is 3.47. The van der Waals surface area contributed by atoms with Gasteiger partial charge in [0, 0.05) is 19.1 Å².